The normalized spacial score (nSPS) is 10.8. The molecule has 0 atom stereocenters. The van der Waals surface area contributed by atoms with Crippen LogP contribution in [0, 0.1) is 0 Å². The summed E-state index contributed by atoms with van der Waals surface area (Å²) in [6, 6.07) is 8.52. The van der Waals surface area contributed by atoms with Crippen LogP contribution in [0.3, 0.4) is 0 Å². The molecule has 0 unspecified atom stereocenters. The zero-order chi connectivity index (χ0) is 22.5. The molecule has 1 N–H and O–H groups in total. The van der Waals surface area contributed by atoms with Gasteiger partial charge in [-0.3, -0.25) is 4.79 Å². The first-order valence-corrected chi connectivity index (χ1v) is 11.2. The molecule has 0 aliphatic heterocycles. The highest BCUT2D eigenvalue weighted by Gasteiger charge is 2.17. The number of amides is 1. The number of aromatic nitrogens is 3. The molecular formula is C20H19Cl3N4O3S. The summed E-state index contributed by atoms with van der Waals surface area (Å²) in [5.41, 5.74) is 1.22. The number of carbonyl (C=O) groups excluding carboxylic acids is 1. The fourth-order valence-electron chi connectivity index (χ4n) is 2.80. The summed E-state index contributed by atoms with van der Waals surface area (Å²) in [4.78, 5) is 12.4. The molecular weight excluding hydrogens is 483 g/mol. The van der Waals surface area contributed by atoms with Crippen molar-refractivity contribution in [2.24, 2.45) is 0 Å². The molecule has 1 heterocycles. The fourth-order valence-corrected chi connectivity index (χ4v) is 4.20. The Kier molecular flexibility index (Phi) is 7.94. The van der Waals surface area contributed by atoms with Crippen LogP contribution in [0.5, 0.6) is 11.5 Å². The molecule has 0 fully saturated rings. The van der Waals surface area contributed by atoms with Crippen molar-refractivity contribution in [1.29, 1.82) is 0 Å². The maximum absolute atomic E-state index is 12.4. The summed E-state index contributed by atoms with van der Waals surface area (Å²) in [6.45, 7) is 2.60. The second-order valence-electron chi connectivity index (χ2n) is 6.20. The van der Waals surface area contributed by atoms with E-state index in [4.69, 9.17) is 44.3 Å². The maximum Gasteiger partial charge on any atom is 0.234 e. The molecule has 0 saturated heterocycles. The van der Waals surface area contributed by atoms with E-state index < -0.39 is 0 Å². The quantitative estimate of drug-likeness (QED) is 0.316. The van der Waals surface area contributed by atoms with E-state index >= 15 is 0 Å². The molecule has 0 saturated carbocycles. The van der Waals surface area contributed by atoms with Crippen LogP contribution in [0.15, 0.2) is 35.5 Å². The van der Waals surface area contributed by atoms with Crippen LogP contribution in [0.2, 0.25) is 15.1 Å². The van der Waals surface area contributed by atoms with E-state index in [1.807, 2.05) is 29.7 Å². The maximum atomic E-state index is 12.4. The lowest BCUT2D eigenvalue weighted by Crippen LogP contribution is -2.15. The van der Waals surface area contributed by atoms with Crippen molar-refractivity contribution >= 4 is 58.2 Å². The zero-order valence-corrected chi connectivity index (χ0v) is 20.0. The monoisotopic (exact) mass is 500 g/mol. The van der Waals surface area contributed by atoms with E-state index in [-0.39, 0.29) is 11.7 Å². The molecule has 2 aromatic carbocycles. The lowest BCUT2D eigenvalue weighted by molar-refractivity contribution is -0.113. The Labute approximate surface area is 199 Å². The van der Waals surface area contributed by atoms with E-state index in [9.17, 15) is 4.79 Å². The molecule has 0 bridgehead atoms. The number of methoxy groups -OCH3 is 2. The first kappa shape index (κ1) is 23.5. The Balaban J connectivity index is 1.74. The summed E-state index contributed by atoms with van der Waals surface area (Å²) in [5.74, 6) is 1.74. The number of nitrogens with one attached hydrogen (secondary N) is 1. The number of hydrogen-bond acceptors (Lipinski definition) is 6. The number of anilines is 1. The fraction of sp³-hybridized carbons (Fsp3) is 0.250. The van der Waals surface area contributed by atoms with Crippen molar-refractivity contribution in [3.05, 3.63) is 45.4 Å². The van der Waals surface area contributed by atoms with Gasteiger partial charge in [0.1, 0.15) is 0 Å². The Morgan fingerprint density at radius 3 is 2.42 bits per heavy atom. The smallest absolute Gasteiger partial charge is 0.234 e. The number of carbonyl (C=O) groups is 1. The molecule has 0 aliphatic rings. The summed E-state index contributed by atoms with van der Waals surface area (Å²) in [6.07, 6.45) is 0. The highest BCUT2D eigenvalue weighted by molar-refractivity contribution is 7.99. The standard InChI is InChI=1S/C20H19Cl3N4O3S/c1-4-27-19(11-5-6-16(29-2)17(7-11)30-3)25-26-20(27)31-10-18(28)24-15-9-13(22)12(21)8-14(15)23/h5-9H,4,10H2,1-3H3,(H,24,28). The minimum absolute atomic E-state index is 0.112. The number of thioether (sulfide) groups is 1. The lowest BCUT2D eigenvalue weighted by atomic mass is 10.2. The Hall–Kier alpha value is -2.13. The summed E-state index contributed by atoms with van der Waals surface area (Å²) in [5, 5.41) is 12.8. The molecule has 0 spiro atoms. The van der Waals surface area contributed by atoms with E-state index in [0.29, 0.717) is 49.8 Å². The summed E-state index contributed by atoms with van der Waals surface area (Å²) < 4.78 is 12.6. The summed E-state index contributed by atoms with van der Waals surface area (Å²) >= 11 is 19.3. The van der Waals surface area contributed by atoms with Crippen molar-refractivity contribution in [1.82, 2.24) is 14.8 Å². The van der Waals surface area contributed by atoms with Crippen molar-refractivity contribution < 1.29 is 14.3 Å². The van der Waals surface area contributed by atoms with Gasteiger partial charge in [0.25, 0.3) is 0 Å². The molecule has 3 rings (SSSR count). The van der Waals surface area contributed by atoms with Gasteiger partial charge in [-0.05, 0) is 37.3 Å². The number of halogens is 3. The number of rotatable bonds is 8. The molecule has 31 heavy (non-hydrogen) atoms. The van der Waals surface area contributed by atoms with Crippen molar-refractivity contribution in [3.63, 3.8) is 0 Å². The highest BCUT2D eigenvalue weighted by atomic mass is 35.5. The minimum atomic E-state index is -0.261. The van der Waals surface area contributed by atoms with Crippen LogP contribution in [-0.2, 0) is 11.3 Å². The molecule has 1 amide bonds. The van der Waals surface area contributed by atoms with Gasteiger partial charge >= 0.3 is 0 Å². The van der Waals surface area contributed by atoms with Gasteiger partial charge in [-0.15, -0.1) is 10.2 Å². The third-order valence-electron chi connectivity index (χ3n) is 4.29. The predicted molar refractivity (Wildman–Crippen MR) is 125 cm³/mol. The van der Waals surface area contributed by atoms with Gasteiger partial charge in [-0.2, -0.15) is 0 Å². The first-order chi connectivity index (χ1) is 14.9. The molecule has 0 radical (unpaired) electrons. The van der Waals surface area contributed by atoms with Gasteiger partial charge in [-0.1, -0.05) is 46.6 Å². The molecule has 3 aromatic rings. The van der Waals surface area contributed by atoms with Crippen LogP contribution < -0.4 is 14.8 Å². The number of ether oxygens (including phenoxy) is 2. The molecule has 164 valence electrons. The van der Waals surface area contributed by atoms with Crippen LogP contribution >= 0.6 is 46.6 Å². The lowest BCUT2D eigenvalue weighted by Gasteiger charge is -2.11. The van der Waals surface area contributed by atoms with Gasteiger partial charge in [0.05, 0.1) is 40.7 Å². The molecule has 0 aliphatic carbocycles. The minimum Gasteiger partial charge on any atom is -0.493 e. The van der Waals surface area contributed by atoms with Crippen molar-refractivity contribution in [2.45, 2.75) is 18.6 Å². The second-order valence-corrected chi connectivity index (χ2v) is 8.37. The number of hydrogen-bond donors (Lipinski definition) is 1. The highest BCUT2D eigenvalue weighted by Crippen LogP contribution is 2.34. The third-order valence-corrected chi connectivity index (χ3v) is 6.29. The Morgan fingerprint density at radius 1 is 1.03 bits per heavy atom. The van der Waals surface area contributed by atoms with Crippen molar-refractivity contribution in [3.8, 4) is 22.9 Å². The SMILES string of the molecule is CCn1c(SCC(=O)Nc2cc(Cl)c(Cl)cc2Cl)nnc1-c1ccc(OC)c(OC)c1. The molecule has 11 heteroatoms. The Bertz CT molecular complexity index is 1110. The summed E-state index contributed by atoms with van der Waals surface area (Å²) in [7, 11) is 3.16. The van der Waals surface area contributed by atoms with Gasteiger partial charge in [0.15, 0.2) is 22.5 Å². The zero-order valence-electron chi connectivity index (χ0n) is 16.9. The van der Waals surface area contributed by atoms with E-state index in [2.05, 4.69) is 15.5 Å². The van der Waals surface area contributed by atoms with Gasteiger partial charge in [0.2, 0.25) is 5.91 Å². The van der Waals surface area contributed by atoms with Crippen LogP contribution in [0.1, 0.15) is 6.92 Å². The predicted octanol–water partition coefficient (Wildman–Crippen LogP) is 5.67. The first-order valence-electron chi connectivity index (χ1n) is 9.10. The Morgan fingerprint density at radius 2 is 1.74 bits per heavy atom. The van der Waals surface area contributed by atoms with E-state index in [0.717, 1.165) is 5.56 Å². The van der Waals surface area contributed by atoms with Gasteiger partial charge < -0.3 is 19.4 Å². The molecule has 1 aromatic heterocycles. The van der Waals surface area contributed by atoms with Crippen molar-refractivity contribution in [2.75, 3.05) is 25.3 Å². The number of benzene rings is 2. The van der Waals surface area contributed by atoms with Crippen LogP contribution in [0.25, 0.3) is 11.4 Å². The van der Waals surface area contributed by atoms with Crippen LogP contribution in [-0.4, -0.2) is 40.6 Å². The molecule has 7 nitrogen and oxygen atoms in total. The van der Waals surface area contributed by atoms with Gasteiger partial charge in [-0.25, -0.2) is 0 Å². The van der Waals surface area contributed by atoms with E-state index in [1.165, 1.54) is 23.9 Å². The van der Waals surface area contributed by atoms with Crippen LogP contribution in [0.4, 0.5) is 5.69 Å². The third kappa shape index (κ3) is 5.38. The number of nitrogens with zero attached hydrogens (tertiary/aromatic N) is 3. The average molecular weight is 502 g/mol. The van der Waals surface area contributed by atoms with E-state index in [1.54, 1.807) is 14.2 Å². The topological polar surface area (TPSA) is 78.3 Å². The largest absolute Gasteiger partial charge is 0.493 e. The second kappa shape index (κ2) is 10.5. The average Bonchev–Trinajstić information content (AvgIpc) is 3.18. The van der Waals surface area contributed by atoms with Gasteiger partial charge in [0, 0.05) is 12.1 Å².